The summed E-state index contributed by atoms with van der Waals surface area (Å²) in [6.45, 7) is 3.99. The number of amides is 1. The minimum absolute atomic E-state index is 0.295. The van der Waals surface area contributed by atoms with Gasteiger partial charge in [-0.1, -0.05) is 18.2 Å². The molecule has 0 aliphatic carbocycles. The van der Waals surface area contributed by atoms with Crippen molar-refractivity contribution in [2.24, 2.45) is 0 Å². The lowest BCUT2D eigenvalue weighted by Gasteiger charge is -2.13. The van der Waals surface area contributed by atoms with E-state index in [1.807, 2.05) is 91.3 Å². The van der Waals surface area contributed by atoms with Crippen LogP contribution in [0.1, 0.15) is 21.6 Å². The van der Waals surface area contributed by atoms with E-state index < -0.39 is 0 Å². The SMILES string of the molecule is Cc1cnc(C(=O)Nc2ccc(-c3cn4cccc(C)c4n3)cc2)c(Nc2ccc3nc[nH]c3c2)c1. The van der Waals surface area contributed by atoms with Gasteiger partial charge in [-0.25, -0.2) is 15.0 Å². The summed E-state index contributed by atoms with van der Waals surface area (Å²) in [7, 11) is 0. The number of anilines is 3. The van der Waals surface area contributed by atoms with Gasteiger partial charge in [-0.05, 0) is 67.4 Å². The zero-order valence-corrected chi connectivity index (χ0v) is 19.8. The highest BCUT2D eigenvalue weighted by molar-refractivity contribution is 6.07. The van der Waals surface area contributed by atoms with E-state index in [0.29, 0.717) is 17.1 Å². The lowest BCUT2D eigenvalue weighted by atomic mass is 10.1. The molecule has 6 rings (SSSR count). The summed E-state index contributed by atoms with van der Waals surface area (Å²) >= 11 is 0. The highest BCUT2D eigenvalue weighted by Gasteiger charge is 2.15. The fourth-order valence-electron chi connectivity index (χ4n) is 4.22. The summed E-state index contributed by atoms with van der Waals surface area (Å²) in [6, 6.07) is 19.4. The number of imidazole rings is 2. The van der Waals surface area contributed by atoms with Gasteiger partial charge in [0.05, 0.1) is 28.7 Å². The van der Waals surface area contributed by atoms with Crippen LogP contribution in [-0.4, -0.2) is 30.2 Å². The topological polar surface area (TPSA) is 100 Å². The van der Waals surface area contributed by atoms with Crippen molar-refractivity contribution in [2.75, 3.05) is 10.6 Å². The summed E-state index contributed by atoms with van der Waals surface area (Å²) in [5, 5.41) is 6.29. The number of aromatic nitrogens is 5. The number of benzene rings is 2. The van der Waals surface area contributed by atoms with Crippen LogP contribution in [0.3, 0.4) is 0 Å². The Morgan fingerprint density at radius 3 is 2.64 bits per heavy atom. The van der Waals surface area contributed by atoms with Crippen LogP contribution in [0.5, 0.6) is 0 Å². The van der Waals surface area contributed by atoms with Crippen LogP contribution >= 0.6 is 0 Å². The molecule has 4 aromatic heterocycles. The van der Waals surface area contributed by atoms with Gasteiger partial charge in [0.25, 0.3) is 5.91 Å². The maximum absolute atomic E-state index is 13.2. The van der Waals surface area contributed by atoms with Gasteiger partial charge in [0.15, 0.2) is 5.69 Å². The van der Waals surface area contributed by atoms with Crippen LogP contribution in [0.25, 0.3) is 27.9 Å². The molecule has 0 saturated heterocycles. The number of rotatable bonds is 5. The minimum Gasteiger partial charge on any atom is -0.354 e. The number of H-pyrrole nitrogens is 1. The van der Waals surface area contributed by atoms with Crippen LogP contribution in [0.2, 0.25) is 0 Å². The van der Waals surface area contributed by atoms with Gasteiger partial charge in [0.1, 0.15) is 5.65 Å². The molecule has 0 atom stereocenters. The first-order valence-electron chi connectivity index (χ1n) is 11.6. The third-order valence-corrected chi connectivity index (χ3v) is 6.06. The first-order valence-corrected chi connectivity index (χ1v) is 11.6. The van der Waals surface area contributed by atoms with Crippen LogP contribution in [-0.2, 0) is 0 Å². The van der Waals surface area contributed by atoms with E-state index in [-0.39, 0.29) is 5.91 Å². The Bertz CT molecular complexity index is 1730. The van der Waals surface area contributed by atoms with Gasteiger partial charge in [0, 0.05) is 35.5 Å². The van der Waals surface area contributed by atoms with E-state index in [4.69, 9.17) is 4.98 Å². The number of pyridine rings is 2. The number of nitrogens with one attached hydrogen (secondary N) is 3. The third kappa shape index (κ3) is 4.05. The molecule has 1 amide bonds. The molecule has 0 bridgehead atoms. The maximum atomic E-state index is 13.2. The van der Waals surface area contributed by atoms with Crippen molar-refractivity contribution in [3.63, 3.8) is 0 Å². The molecule has 6 aromatic rings. The largest absolute Gasteiger partial charge is 0.354 e. The molecule has 0 saturated carbocycles. The Morgan fingerprint density at radius 1 is 0.972 bits per heavy atom. The predicted octanol–water partition coefficient (Wildman–Crippen LogP) is 5.89. The smallest absolute Gasteiger partial charge is 0.276 e. The number of nitrogens with zero attached hydrogens (tertiary/aromatic N) is 4. The monoisotopic (exact) mass is 473 g/mol. The zero-order valence-electron chi connectivity index (χ0n) is 19.8. The number of aromatic amines is 1. The van der Waals surface area contributed by atoms with Crippen LogP contribution < -0.4 is 10.6 Å². The van der Waals surface area contributed by atoms with Crippen molar-refractivity contribution in [3.8, 4) is 11.3 Å². The molecule has 0 unspecified atom stereocenters. The molecule has 3 N–H and O–H groups in total. The molecule has 8 nitrogen and oxygen atoms in total. The van der Waals surface area contributed by atoms with E-state index in [1.165, 1.54) is 0 Å². The van der Waals surface area contributed by atoms with Gasteiger partial charge in [0.2, 0.25) is 0 Å². The van der Waals surface area contributed by atoms with Crippen LogP contribution in [0, 0.1) is 13.8 Å². The van der Waals surface area contributed by atoms with Crippen molar-refractivity contribution in [1.82, 2.24) is 24.3 Å². The zero-order chi connectivity index (χ0) is 24.6. The lowest BCUT2D eigenvalue weighted by molar-refractivity contribution is 0.102. The molecule has 36 heavy (non-hydrogen) atoms. The molecule has 4 heterocycles. The number of aryl methyl sites for hydroxylation is 2. The summed E-state index contributed by atoms with van der Waals surface area (Å²) in [6.07, 6.45) is 7.33. The highest BCUT2D eigenvalue weighted by Crippen LogP contribution is 2.26. The lowest BCUT2D eigenvalue weighted by Crippen LogP contribution is -2.16. The Labute approximate surface area is 207 Å². The summed E-state index contributed by atoms with van der Waals surface area (Å²) in [4.78, 5) is 29.7. The van der Waals surface area contributed by atoms with Crippen LogP contribution in [0.4, 0.5) is 17.1 Å². The van der Waals surface area contributed by atoms with E-state index in [2.05, 4.69) is 25.6 Å². The Morgan fingerprint density at radius 2 is 1.81 bits per heavy atom. The average Bonchev–Trinajstić information content (AvgIpc) is 3.52. The third-order valence-electron chi connectivity index (χ3n) is 6.06. The van der Waals surface area contributed by atoms with E-state index in [1.54, 1.807) is 12.5 Å². The number of hydrogen-bond acceptors (Lipinski definition) is 5. The normalized spacial score (nSPS) is 11.2. The van der Waals surface area contributed by atoms with E-state index in [9.17, 15) is 4.79 Å². The maximum Gasteiger partial charge on any atom is 0.276 e. The van der Waals surface area contributed by atoms with Crippen molar-refractivity contribution < 1.29 is 4.79 Å². The Kier molecular flexibility index (Phi) is 5.19. The quantitative estimate of drug-likeness (QED) is 0.290. The summed E-state index contributed by atoms with van der Waals surface area (Å²) < 4.78 is 2.02. The number of carbonyl (C=O) groups is 1. The molecule has 0 aliphatic heterocycles. The summed E-state index contributed by atoms with van der Waals surface area (Å²) in [5.41, 5.74) is 9.09. The number of hydrogen-bond donors (Lipinski definition) is 3. The van der Waals surface area contributed by atoms with Crippen molar-refractivity contribution >= 4 is 39.6 Å². The van der Waals surface area contributed by atoms with E-state index >= 15 is 0 Å². The first kappa shape index (κ1) is 21.5. The molecule has 0 spiro atoms. The second-order valence-corrected chi connectivity index (χ2v) is 8.75. The fraction of sp³-hybridized carbons (Fsp3) is 0.0714. The van der Waals surface area contributed by atoms with Crippen molar-refractivity contribution in [1.29, 1.82) is 0 Å². The summed E-state index contributed by atoms with van der Waals surface area (Å²) in [5.74, 6) is -0.295. The molecule has 0 radical (unpaired) electrons. The molecule has 176 valence electrons. The minimum atomic E-state index is -0.295. The molecular weight excluding hydrogens is 450 g/mol. The highest BCUT2D eigenvalue weighted by atomic mass is 16.1. The van der Waals surface area contributed by atoms with Gasteiger partial charge < -0.3 is 20.0 Å². The predicted molar refractivity (Wildman–Crippen MR) is 142 cm³/mol. The van der Waals surface area contributed by atoms with E-state index in [0.717, 1.165) is 44.8 Å². The first-order chi connectivity index (χ1) is 17.5. The molecule has 8 heteroatoms. The Balaban J connectivity index is 1.23. The average molecular weight is 474 g/mol. The van der Waals surface area contributed by atoms with Gasteiger partial charge in [-0.3, -0.25) is 4.79 Å². The van der Waals surface area contributed by atoms with Gasteiger partial charge in [-0.15, -0.1) is 0 Å². The van der Waals surface area contributed by atoms with Crippen molar-refractivity contribution in [2.45, 2.75) is 13.8 Å². The number of fused-ring (bicyclic) bond motifs is 2. The van der Waals surface area contributed by atoms with Gasteiger partial charge in [-0.2, -0.15) is 0 Å². The Hall–Kier alpha value is -4.98. The second kappa shape index (κ2) is 8.66. The van der Waals surface area contributed by atoms with Gasteiger partial charge >= 0.3 is 0 Å². The number of carbonyl (C=O) groups excluding carboxylic acids is 1. The standard InChI is InChI=1S/C28H23N7O/c1-17-12-24(32-21-9-10-22-23(13-21)31-16-30-22)26(29-14-17)28(36)33-20-7-5-19(6-8-20)25-15-35-11-3-4-18(2)27(35)34-25/h3-16,32H,1-2H3,(H,30,31)(H,33,36). The van der Waals surface area contributed by atoms with Crippen LogP contribution in [0.15, 0.2) is 85.6 Å². The molecule has 0 aliphatic rings. The molecule has 2 aromatic carbocycles. The molecule has 0 fully saturated rings. The molecular formula is C28H23N7O. The fourth-order valence-corrected chi connectivity index (χ4v) is 4.22. The van der Waals surface area contributed by atoms with Crippen molar-refractivity contribution in [3.05, 3.63) is 102 Å². The second-order valence-electron chi connectivity index (χ2n) is 8.75.